The second-order valence-corrected chi connectivity index (χ2v) is 2.66. The molecule has 0 amide bonds. The molecule has 1 aromatic rings. The summed E-state index contributed by atoms with van der Waals surface area (Å²) in [7, 11) is 0. The molecule has 0 bridgehead atoms. The summed E-state index contributed by atoms with van der Waals surface area (Å²) in [6.45, 7) is 3.72. The van der Waals surface area contributed by atoms with E-state index in [0.29, 0.717) is 0 Å². The second kappa shape index (κ2) is 2.74. The van der Waals surface area contributed by atoms with Crippen molar-refractivity contribution in [3.8, 4) is 0 Å². The number of aromatic nitrogens is 2. The van der Waals surface area contributed by atoms with Gasteiger partial charge in [-0.1, -0.05) is 4.49 Å². The Morgan fingerprint density at radius 1 is 1.70 bits per heavy atom. The zero-order chi connectivity index (χ0) is 7.56. The van der Waals surface area contributed by atoms with Crippen molar-refractivity contribution in [3.63, 3.8) is 0 Å². The molecule has 0 aliphatic heterocycles. The fraction of sp³-hybridized carbons (Fsp3) is 0.400. The number of hydrogen-bond donors (Lipinski definition) is 1. The number of hydrazone groups is 1. The molecule has 0 radical (unpaired) electrons. The minimum absolute atomic E-state index is 0.785. The number of nitrogens with two attached hydrogens (primary N) is 1. The molecule has 0 aliphatic carbocycles. The Morgan fingerprint density at radius 2 is 2.40 bits per heavy atom. The normalized spacial score (nSPS) is 12.0. The molecule has 1 rings (SSSR count). The Morgan fingerprint density at radius 3 is 2.80 bits per heavy atom. The van der Waals surface area contributed by atoms with Gasteiger partial charge in [0, 0.05) is 0 Å². The Hall–Kier alpha value is -0.970. The first-order valence-electron chi connectivity index (χ1n) is 2.79. The van der Waals surface area contributed by atoms with Gasteiger partial charge in [0.05, 0.1) is 16.3 Å². The van der Waals surface area contributed by atoms with Gasteiger partial charge in [-0.2, -0.15) is 5.10 Å². The fourth-order valence-electron chi connectivity index (χ4n) is 0.620. The van der Waals surface area contributed by atoms with Gasteiger partial charge in [0.1, 0.15) is 0 Å². The van der Waals surface area contributed by atoms with E-state index in [9.17, 15) is 0 Å². The maximum Gasteiger partial charge on any atom is 0.0940 e. The number of aryl methyl sites for hydroxylation is 1. The predicted molar refractivity (Wildman–Crippen MR) is 41.0 cm³/mol. The van der Waals surface area contributed by atoms with Crippen molar-refractivity contribution >= 4 is 17.2 Å². The van der Waals surface area contributed by atoms with Crippen molar-refractivity contribution in [2.75, 3.05) is 0 Å². The summed E-state index contributed by atoms with van der Waals surface area (Å²) in [5.74, 6) is 5.07. The molecule has 0 fully saturated rings. The van der Waals surface area contributed by atoms with E-state index in [-0.39, 0.29) is 0 Å². The summed E-state index contributed by atoms with van der Waals surface area (Å²) >= 11 is 1.31. The molecule has 0 spiro atoms. The molecule has 0 aromatic carbocycles. The Kier molecular flexibility index (Phi) is 1.96. The van der Waals surface area contributed by atoms with Gasteiger partial charge in [0.15, 0.2) is 0 Å². The van der Waals surface area contributed by atoms with Crippen LogP contribution in [-0.2, 0) is 0 Å². The van der Waals surface area contributed by atoms with E-state index in [2.05, 4.69) is 14.7 Å². The molecule has 0 saturated carbocycles. The largest absolute Gasteiger partial charge is 0.323 e. The molecule has 4 nitrogen and oxygen atoms in total. The molecule has 1 heterocycles. The van der Waals surface area contributed by atoms with Gasteiger partial charge in [-0.15, -0.1) is 5.10 Å². The van der Waals surface area contributed by atoms with E-state index in [0.717, 1.165) is 16.3 Å². The second-order valence-electron chi connectivity index (χ2n) is 1.90. The summed E-state index contributed by atoms with van der Waals surface area (Å²) in [4.78, 5) is 0.961. The van der Waals surface area contributed by atoms with Crippen LogP contribution in [0.3, 0.4) is 0 Å². The Labute approximate surface area is 62.9 Å². The van der Waals surface area contributed by atoms with E-state index in [1.54, 1.807) is 0 Å². The van der Waals surface area contributed by atoms with Gasteiger partial charge in [-0.25, -0.2) is 0 Å². The standard InChI is InChI=1S/C5H8N4S/c1-3(7-6)5-4(2)8-9-10-5/h6H2,1-2H3/b7-3-. The molecule has 10 heavy (non-hydrogen) atoms. The van der Waals surface area contributed by atoms with E-state index in [1.807, 2.05) is 13.8 Å². The highest BCUT2D eigenvalue weighted by Gasteiger charge is 2.04. The van der Waals surface area contributed by atoms with Crippen LogP contribution in [0.15, 0.2) is 5.10 Å². The highest BCUT2D eigenvalue weighted by atomic mass is 32.1. The lowest BCUT2D eigenvalue weighted by atomic mass is 10.3. The predicted octanol–water partition coefficient (Wildman–Crippen LogP) is 0.529. The molecule has 0 saturated heterocycles. The van der Waals surface area contributed by atoms with Crippen molar-refractivity contribution in [2.24, 2.45) is 10.9 Å². The first-order chi connectivity index (χ1) is 4.75. The fourth-order valence-corrected chi connectivity index (χ4v) is 1.22. The van der Waals surface area contributed by atoms with Gasteiger partial charge in [0.25, 0.3) is 0 Å². The van der Waals surface area contributed by atoms with Crippen molar-refractivity contribution in [2.45, 2.75) is 13.8 Å². The van der Waals surface area contributed by atoms with E-state index >= 15 is 0 Å². The van der Waals surface area contributed by atoms with Gasteiger partial charge < -0.3 is 5.84 Å². The zero-order valence-corrected chi connectivity index (χ0v) is 6.64. The zero-order valence-electron chi connectivity index (χ0n) is 5.83. The van der Waals surface area contributed by atoms with Crippen LogP contribution in [-0.4, -0.2) is 15.3 Å². The van der Waals surface area contributed by atoms with Crippen LogP contribution < -0.4 is 5.84 Å². The van der Waals surface area contributed by atoms with Gasteiger partial charge in [-0.05, 0) is 25.4 Å². The Bertz CT molecular complexity index is 252. The van der Waals surface area contributed by atoms with Gasteiger partial charge in [-0.3, -0.25) is 0 Å². The molecule has 54 valence electrons. The van der Waals surface area contributed by atoms with Crippen LogP contribution in [0.5, 0.6) is 0 Å². The van der Waals surface area contributed by atoms with Crippen LogP contribution in [0.4, 0.5) is 0 Å². The minimum atomic E-state index is 0.785. The van der Waals surface area contributed by atoms with Crippen LogP contribution in [0, 0.1) is 6.92 Å². The molecule has 5 heteroatoms. The molecule has 2 N–H and O–H groups in total. The smallest absolute Gasteiger partial charge is 0.0940 e. The first-order valence-corrected chi connectivity index (χ1v) is 3.57. The third-order valence-corrected chi connectivity index (χ3v) is 2.11. The van der Waals surface area contributed by atoms with Crippen LogP contribution in [0.2, 0.25) is 0 Å². The number of rotatable bonds is 1. The molecule has 0 atom stereocenters. The van der Waals surface area contributed by atoms with Crippen LogP contribution in [0.1, 0.15) is 17.5 Å². The van der Waals surface area contributed by atoms with Crippen molar-refractivity contribution in [3.05, 3.63) is 10.6 Å². The summed E-state index contributed by atoms with van der Waals surface area (Å²) in [6, 6.07) is 0. The first kappa shape index (κ1) is 7.14. The van der Waals surface area contributed by atoms with E-state index in [1.165, 1.54) is 11.5 Å². The van der Waals surface area contributed by atoms with Gasteiger partial charge >= 0.3 is 0 Å². The maximum absolute atomic E-state index is 5.07. The molecule has 0 aliphatic rings. The van der Waals surface area contributed by atoms with Crippen molar-refractivity contribution in [1.82, 2.24) is 9.59 Å². The van der Waals surface area contributed by atoms with Gasteiger partial charge in [0.2, 0.25) is 0 Å². The SMILES string of the molecule is C/C(=N/N)c1snnc1C. The summed E-state index contributed by atoms with van der Waals surface area (Å²) in [6.07, 6.45) is 0. The van der Waals surface area contributed by atoms with Crippen molar-refractivity contribution < 1.29 is 0 Å². The Balaban J connectivity index is 3.05. The lowest BCUT2D eigenvalue weighted by Gasteiger charge is -1.90. The number of hydrogen-bond acceptors (Lipinski definition) is 5. The molecular formula is C5H8N4S. The minimum Gasteiger partial charge on any atom is -0.323 e. The highest BCUT2D eigenvalue weighted by molar-refractivity contribution is 7.08. The third kappa shape index (κ3) is 1.13. The average molecular weight is 156 g/mol. The molecule has 0 unspecified atom stereocenters. The summed E-state index contributed by atoms with van der Waals surface area (Å²) in [5, 5.41) is 7.36. The summed E-state index contributed by atoms with van der Waals surface area (Å²) in [5.41, 5.74) is 1.67. The lowest BCUT2D eigenvalue weighted by molar-refractivity contribution is 1.08. The van der Waals surface area contributed by atoms with Crippen LogP contribution >= 0.6 is 11.5 Å². The quantitative estimate of drug-likeness (QED) is 0.366. The molecular weight excluding hydrogens is 148 g/mol. The number of nitrogens with zero attached hydrogens (tertiary/aromatic N) is 3. The topological polar surface area (TPSA) is 64.2 Å². The maximum atomic E-state index is 5.07. The van der Waals surface area contributed by atoms with E-state index < -0.39 is 0 Å². The molecule has 1 aromatic heterocycles. The highest BCUT2D eigenvalue weighted by Crippen LogP contribution is 2.09. The van der Waals surface area contributed by atoms with Crippen molar-refractivity contribution in [1.29, 1.82) is 0 Å². The van der Waals surface area contributed by atoms with Crippen LogP contribution in [0.25, 0.3) is 0 Å². The third-order valence-electron chi connectivity index (χ3n) is 1.17. The lowest BCUT2D eigenvalue weighted by Crippen LogP contribution is -1.97. The summed E-state index contributed by atoms with van der Waals surface area (Å²) < 4.78 is 3.75. The van der Waals surface area contributed by atoms with E-state index in [4.69, 9.17) is 5.84 Å². The average Bonchev–Trinajstić information content (AvgIpc) is 2.34. The monoisotopic (exact) mass is 156 g/mol.